The van der Waals surface area contributed by atoms with Crippen LogP contribution in [0.2, 0.25) is 10.0 Å². The molecule has 4 rings (SSSR count). The lowest BCUT2D eigenvalue weighted by atomic mass is 10.1. The van der Waals surface area contributed by atoms with Crippen LogP contribution in [0.4, 0.5) is 5.82 Å². The van der Waals surface area contributed by atoms with Crippen LogP contribution < -0.4 is 5.32 Å². The highest BCUT2D eigenvalue weighted by Gasteiger charge is 2.37. The molecule has 3 N–H and O–H groups in total. The van der Waals surface area contributed by atoms with E-state index < -0.39 is 12.2 Å². The summed E-state index contributed by atoms with van der Waals surface area (Å²) in [7, 11) is 0. The smallest absolute Gasteiger partial charge is 0.203 e. The first-order valence-corrected chi connectivity index (χ1v) is 9.03. The van der Waals surface area contributed by atoms with Crippen molar-refractivity contribution in [2.75, 3.05) is 5.32 Å². The summed E-state index contributed by atoms with van der Waals surface area (Å²) < 4.78 is 1.80. The van der Waals surface area contributed by atoms with Gasteiger partial charge in [-0.15, -0.1) is 10.2 Å². The minimum Gasteiger partial charge on any atom is -0.390 e. The lowest BCUT2D eigenvalue weighted by molar-refractivity contribution is 0.0338. The molecule has 1 saturated carbocycles. The molecular formula is C17H17Cl2N5O2. The Morgan fingerprint density at radius 3 is 2.58 bits per heavy atom. The van der Waals surface area contributed by atoms with Crippen molar-refractivity contribution >= 4 is 34.7 Å². The van der Waals surface area contributed by atoms with Crippen molar-refractivity contribution < 1.29 is 10.2 Å². The molecular weight excluding hydrogens is 377 g/mol. The number of aliphatic hydroxyl groups excluding tert-OH is 2. The number of aliphatic hydroxyl groups is 2. The van der Waals surface area contributed by atoms with E-state index in [4.69, 9.17) is 23.2 Å². The average molecular weight is 394 g/mol. The van der Waals surface area contributed by atoms with E-state index in [1.54, 1.807) is 22.9 Å². The number of nitrogens with zero attached hydrogens (tertiary/aromatic N) is 4. The summed E-state index contributed by atoms with van der Waals surface area (Å²) >= 11 is 12.1. The first kappa shape index (κ1) is 17.5. The highest BCUT2D eigenvalue weighted by molar-refractivity contribution is 6.34. The maximum atomic E-state index is 10.2. The van der Waals surface area contributed by atoms with Crippen LogP contribution >= 0.6 is 23.2 Å². The van der Waals surface area contributed by atoms with Crippen molar-refractivity contribution in [2.45, 2.75) is 37.5 Å². The third kappa shape index (κ3) is 3.23. The van der Waals surface area contributed by atoms with Gasteiger partial charge in [-0.25, -0.2) is 4.98 Å². The number of fused-ring (bicyclic) bond motifs is 1. The number of anilines is 1. The van der Waals surface area contributed by atoms with Gasteiger partial charge in [0, 0.05) is 34.9 Å². The van der Waals surface area contributed by atoms with Gasteiger partial charge < -0.3 is 15.5 Å². The summed E-state index contributed by atoms with van der Waals surface area (Å²) in [5.74, 6) is 0.942. The van der Waals surface area contributed by atoms with Crippen LogP contribution in [-0.4, -0.2) is 42.0 Å². The summed E-state index contributed by atoms with van der Waals surface area (Å²) in [6.07, 6.45) is 3.05. The third-order valence-corrected chi connectivity index (χ3v) is 5.08. The molecule has 0 amide bonds. The second-order valence-corrected chi connectivity index (χ2v) is 7.27. The van der Waals surface area contributed by atoms with Gasteiger partial charge >= 0.3 is 0 Å². The van der Waals surface area contributed by atoms with Gasteiger partial charge in [-0.3, -0.25) is 4.40 Å². The van der Waals surface area contributed by atoms with Crippen LogP contribution in [0, 0.1) is 0 Å². The Kier molecular flexibility index (Phi) is 4.71. The van der Waals surface area contributed by atoms with Crippen molar-refractivity contribution in [1.82, 2.24) is 19.6 Å². The Hall–Kier alpha value is -1.93. The zero-order valence-electron chi connectivity index (χ0n) is 13.7. The molecule has 1 aromatic carbocycles. The van der Waals surface area contributed by atoms with Crippen LogP contribution in [0.25, 0.3) is 5.65 Å². The number of hydrogen-bond acceptors (Lipinski definition) is 6. The minimum atomic E-state index is -0.833. The Labute approximate surface area is 159 Å². The molecule has 26 heavy (non-hydrogen) atoms. The molecule has 0 bridgehead atoms. The first-order valence-electron chi connectivity index (χ1n) is 8.27. The fourth-order valence-corrected chi connectivity index (χ4v) is 3.93. The van der Waals surface area contributed by atoms with Crippen LogP contribution in [0.5, 0.6) is 0 Å². The van der Waals surface area contributed by atoms with E-state index in [0.29, 0.717) is 46.7 Å². The van der Waals surface area contributed by atoms with Gasteiger partial charge in [0.05, 0.1) is 12.2 Å². The van der Waals surface area contributed by atoms with Gasteiger partial charge in [-0.05, 0) is 36.6 Å². The summed E-state index contributed by atoms with van der Waals surface area (Å²) in [6, 6.07) is 5.33. The number of halogens is 2. The summed E-state index contributed by atoms with van der Waals surface area (Å²) in [4.78, 5) is 4.33. The molecule has 136 valence electrons. The van der Waals surface area contributed by atoms with Gasteiger partial charge in [-0.1, -0.05) is 23.2 Å². The molecule has 1 aliphatic rings. The van der Waals surface area contributed by atoms with E-state index in [9.17, 15) is 10.2 Å². The highest BCUT2D eigenvalue weighted by Crippen LogP contribution is 2.34. The quantitative estimate of drug-likeness (QED) is 0.630. The SMILES string of the molecule is O[C@@H]1[C@H](O)CC[C@H]1c1nnc2c(NCc3cc(Cl)cc(Cl)c3)nccn12. The molecule has 0 unspecified atom stereocenters. The van der Waals surface area contributed by atoms with Gasteiger partial charge in [0.2, 0.25) is 5.65 Å². The van der Waals surface area contributed by atoms with E-state index in [-0.39, 0.29) is 5.92 Å². The minimum absolute atomic E-state index is 0.248. The number of aromatic nitrogens is 4. The maximum absolute atomic E-state index is 10.2. The molecule has 2 heterocycles. The fourth-order valence-electron chi connectivity index (χ4n) is 3.36. The largest absolute Gasteiger partial charge is 0.390 e. The van der Waals surface area contributed by atoms with Crippen LogP contribution in [0.3, 0.4) is 0 Å². The molecule has 0 aliphatic heterocycles. The molecule has 1 fully saturated rings. The molecule has 1 aliphatic carbocycles. The van der Waals surface area contributed by atoms with Crippen molar-refractivity contribution in [3.05, 3.63) is 52.0 Å². The number of benzene rings is 1. The molecule has 0 radical (unpaired) electrons. The van der Waals surface area contributed by atoms with E-state index in [1.807, 2.05) is 12.1 Å². The van der Waals surface area contributed by atoms with Gasteiger partial charge in [0.1, 0.15) is 5.82 Å². The Morgan fingerprint density at radius 2 is 1.88 bits per heavy atom. The lowest BCUT2D eigenvalue weighted by Crippen LogP contribution is -2.24. The number of nitrogens with one attached hydrogen (secondary N) is 1. The topological polar surface area (TPSA) is 95.6 Å². The molecule has 3 aromatic rings. The Morgan fingerprint density at radius 1 is 1.12 bits per heavy atom. The lowest BCUT2D eigenvalue weighted by Gasteiger charge is -2.14. The molecule has 2 aromatic heterocycles. The molecule has 3 atom stereocenters. The second kappa shape index (κ2) is 7.00. The molecule has 0 spiro atoms. The van der Waals surface area contributed by atoms with Crippen molar-refractivity contribution in [3.8, 4) is 0 Å². The van der Waals surface area contributed by atoms with Gasteiger partial charge in [0.25, 0.3) is 0 Å². The van der Waals surface area contributed by atoms with Gasteiger partial charge in [-0.2, -0.15) is 0 Å². The average Bonchev–Trinajstić information content (AvgIpc) is 3.16. The van der Waals surface area contributed by atoms with Gasteiger partial charge in [0.15, 0.2) is 5.82 Å². The normalized spacial score (nSPS) is 22.8. The summed E-state index contributed by atoms with van der Waals surface area (Å²) in [6.45, 7) is 0.472. The molecule has 7 nitrogen and oxygen atoms in total. The first-order chi connectivity index (χ1) is 12.5. The number of hydrogen-bond donors (Lipinski definition) is 3. The molecule has 0 saturated heterocycles. The van der Waals surface area contributed by atoms with Crippen LogP contribution in [0.1, 0.15) is 30.1 Å². The van der Waals surface area contributed by atoms with Crippen LogP contribution in [0.15, 0.2) is 30.6 Å². The Bertz CT molecular complexity index is 928. The summed E-state index contributed by atoms with van der Waals surface area (Å²) in [5, 5.41) is 32.8. The standard InChI is InChI=1S/C17H17Cl2N5O2/c18-10-5-9(6-11(19)7-10)8-21-15-17-23-22-16(24(17)4-3-20-15)12-1-2-13(25)14(12)26/h3-7,12-14,25-26H,1-2,8H2,(H,20,21)/t12-,13-,14+/m1/s1. The van der Waals surface area contributed by atoms with Crippen molar-refractivity contribution in [3.63, 3.8) is 0 Å². The predicted molar refractivity (Wildman–Crippen MR) is 98.6 cm³/mol. The van der Waals surface area contributed by atoms with Crippen molar-refractivity contribution in [2.24, 2.45) is 0 Å². The van der Waals surface area contributed by atoms with E-state index in [2.05, 4.69) is 20.5 Å². The van der Waals surface area contributed by atoms with E-state index in [1.165, 1.54) is 0 Å². The fraction of sp³-hybridized carbons (Fsp3) is 0.353. The Balaban J connectivity index is 1.61. The summed E-state index contributed by atoms with van der Waals surface area (Å²) in [5.41, 5.74) is 1.48. The van der Waals surface area contributed by atoms with E-state index >= 15 is 0 Å². The highest BCUT2D eigenvalue weighted by atomic mass is 35.5. The number of rotatable bonds is 4. The zero-order valence-corrected chi connectivity index (χ0v) is 15.2. The van der Waals surface area contributed by atoms with Crippen LogP contribution in [-0.2, 0) is 6.54 Å². The molecule has 9 heteroatoms. The van der Waals surface area contributed by atoms with E-state index in [0.717, 1.165) is 5.56 Å². The second-order valence-electron chi connectivity index (χ2n) is 6.40. The predicted octanol–water partition coefficient (Wildman–Crippen LogP) is 2.64. The zero-order chi connectivity index (χ0) is 18.3. The van der Waals surface area contributed by atoms with Crippen molar-refractivity contribution in [1.29, 1.82) is 0 Å². The maximum Gasteiger partial charge on any atom is 0.203 e. The monoisotopic (exact) mass is 393 g/mol. The third-order valence-electron chi connectivity index (χ3n) is 4.65.